The Balaban J connectivity index is 2.87. The monoisotopic (exact) mass is 203 g/mol. The Morgan fingerprint density at radius 2 is 1.93 bits per heavy atom. The van der Waals surface area contributed by atoms with Crippen LogP contribution in [-0.4, -0.2) is 15.6 Å². The molecule has 0 amide bonds. The molecule has 15 heavy (non-hydrogen) atoms. The van der Waals surface area contributed by atoms with Gasteiger partial charge in [0.15, 0.2) is 0 Å². The number of carboxylic acids is 1. The summed E-state index contributed by atoms with van der Waals surface area (Å²) < 4.78 is 2.03. The summed E-state index contributed by atoms with van der Waals surface area (Å²) >= 11 is 0. The first-order valence-corrected chi connectivity index (χ1v) is 4.80. The van der Waals surface area contributed by atoms with Crippen LogP contribution in [0.3, 0.4) is 0 Å². The number of carboxylic acid groups (broad SMARTS) is 1. The molecule has 0 aliphatic heterocycles. The van der Waals surface area contributed by atoms with Gasteiger partial charge in [0, 0.05) is 18.6 Å². The highest BCUT2D eigenvalue weighted by Gasteiger charge is 2.10. The van der Waals surface area contributed by atoms with Crippen LogP contribution in [0, 0.1) is 13.8 Å². The zero-order valence-electron chi connectivity index (χ0n) is 9.03. The molecule has 0 unspecified atom stereocenters. The van der Waals surface area contributed by atoms with E-state index in [1.54, 1.807) is 12.1 Å². The molecule has 0 fully saturated rings. The number of aromatic nitrogens is 1. The van der Waals surface area contributed by atoms with Crippen molar-refractivity contribution in [2.45, 2.75) is 13.8 Å². The van der Waals surface area contributed by atoms with Gasteiger partial charge in [0.1, 0.15) is 0 Å². The standard InChI is InChI=1S/C12H13NO2/c1-7-4-9(12(14)15)5-10-8(2)6-13(3)11(7)10/h4-6H,1-3H3,(H,14,15). The van der Waals surface area contributed by atoms with Crippen molar-refractivity contribution >= 4 is 16.9 Å². The van der Waals surface area contributed by atoms with Gasteiger partial charge in [-0.05, 0) is 37.1 Å². The highest BCUT2D eigenvalue weighted by atomic mass is 16.4. The van der Waals surface area contributed by atoms with E-state index in [-0.39, 0.29) is 0 Å². The third-order valence-corrected chi connectivity index (χ3v) is 2.71. The molecule has 3 heteroatoms. The first-order valence-electron chi connectivity index (χ1n) is 4.80. The summed E-state index contributed by atoms with van der Waals surface area (Å²) in [5, 5.41) is 9.98. The fraction of sp³-hybridized carbons (Fsp3) is 0.250. The zero-order valence-corrected chi connectivity index (χ0v) is 9.03. The second-order valence-corrected chi connectivity index (χ2v) is 3.92. The molecular formula is C12H13NO2. The third-order valence-electron chi connectivity index (χ3n) is 2.71. The van der Waals surface area contributed by atoms with Gasteiger partial charge in [-0.2, -0.15) is 0 Å². The van der Waals surface area contributed by atoms with Crippen molar-refractivity contribution in [1.29, 1.82) is 0 Å². The Labute approximate surface area is 87.9 Å². The van der Waals surface area contributed by atoms with Gasteiger partial charge < -0.3 is 9.67 Å². The van der Waals surface area contributed by atoms with Crippen LogP contribution in [0.25, 0.3) is 10.9 Å². The molecule has 1 N–H and O–H groups in total. The fourth-order valence-electron chi connectivity index (χ4n) is 2.10. The topological polar surface area (TPSA) is 42.2 Å². The largest absolute Gasteiger partial charge is 0.478 e. The predicted molar refractivity (Wildman–Crippen MR) is 59.4 cm³/mol. The Bertz CT molecular complexity index is 552. The lowest BCUT2D eigenvalue weighted by Crippen LogP contribution is -1.97. The minimum atomic E-state index is -0.872. The Kier molecular flexibility index (Phi) is 2.03. The first-order chi connectivity index (χ1) is 7.00. The van der Waals surface area contributed by atoms with Crippen LogP contribution >= 0.6 is 0 Å². The summed E-state index contributed by atoms with van der Waals surface area (Å²) in [5.41, 5.74) is 3.58. The minimum absolute atomic E-state index is 0.356. The molecule has 1 aromatic heterocycles. The van der Waals surface area contributed by atoms with E-state index in [1.807, 2.05) is 31.7 Å². The number of hydrogen-bond donors (Lipinski definition) is 1. The van der Waals surface area contributed by atoms with E-state index >= 15 is 0 Å². The summed E-state index contributed by atoms with van der Waals surface area (Å²) in [7, 11) is 1.97. The van der Waals surface area contributed by atoms with Gasteiger partial charge in [-0.15, -0.1) is 0 Å². The van der Waals surface area contributed by atoms with Crippen molar-refractivity contribution < 1.29 is 9.90 Å². The predicted octanol–water partition coefficient (Wildman–Crippen LogP) is 2.49. The average Bonchev–Trinajstić information content (AvgIpc) is 2.42. The van der Waals surface area contributed by atoms with Crippen molar-refractivity contribution in [3.05, 3.63) is 35.0 Å². The fourth-order valence-corrected chi connectivity index (χ4v) is 2.10. The number of rotatable bonds is 1. The third kappa shape index (κ3) is 1.40. The van der Waals surface area contributed by atoms with E-state index in [9.17, 15) is 4.79 Å². The summed E-state index contributed by atoms with van der Waals surface area (Å²) in [5.74, 6) is -0.872. The van der Waals surface area contributed by atoms with Crippen LogP contribution in [0.4, 0.5) is 0 Å². The second kappa shape index (κ2) is 3.12. The molecule has 0 bridgehead atoms. The molecule has 0 radical (unpaired) electrons. The number of fused-ring (bicyclic) bond motifs is 1. The summed E-state index contributed by atoms with van der Waals surface area (Å²) in [6.45, 7) is 3.93. The Hall–Kier alpha value is -1.77. The molecule has 3 nitrogen and oxygen atoms in total. The van der Waals surface area contributed by atoms with Gasteiger partial charge in [0.05, 0.1) is 11.1 Å². The average molecular weight is 203 g/mol. The lowest BCUT2D eigenvalue weighted by molar-refractivity contribution is 0.0697. The quantitative estimate of drug-likeness (QED) is 0.773. The van der Waals surface area contributed by atoms with Crippen molar-refractivity contribution in [3.63, 3.8) is 0 Å². The minimum Gasteiger partial charge on any atom is -0.478 e. The maximum absolute atomic E-state index is 10.9. The molecule has 0 aliphatic carbocycles. The second-order valence-electron chi connectivity index (χ2n) is 3.92. The zero-order chi connectivity index (χ0) is 11.2. The number of aromatic carboxylic acids is 1. The summed E-state index contributed by atoms with van der Waals surface area (Å²) in [6.07, 6.45) is 2.02. The Morgan fingerprint density at radius 3 is 2.53 bits per heavy atom. The molecule has 0 spiro atoms. The normalized spacial score (nSPS) is 10.9. The maximum atomic E-state index is 10.9. The molecule has 2 rings (SSSR count). The van der Waals surface area contributed by atoms with Crippen LogP contribution in [0.5, 0.6) is 0 Å². The van der Waals surface area contributed by atoms with Crippen LogP contribution in [-0.2, 0) is 7.05 Å². The van der Waals surface area contributed by atoms with Crippen molar-refractivity contribution in [2.75, 3.05) is 0 Å². The van der Waals surface area contributed by atoms with Gasteiger partial charge in [-0.3, -0.25) is 0 Å². The van der Waals surface area contributed by atoms with E-state index in [2.05, 4.69) is 0 Å². The molecule has 0 atom stereocenters. The summed E-state index contributed by atoms with van der Waals surface area (Å²) in [4.78, 5) is 10.9. The summed E-state index contributed by atoms with van der Waals surface area (Å²) in [6, 6.07) is 3.45. The number of hydrogen-bond acceptors (Lipinski definition) is 1. The highest BCUT2D eigenvalue weighted by Crippen LogP contribution is 2.24. The van der Waals surface area contributed by atoms with Crippen LogP contribution in [0.2, 0.25) is 0 Å². The van der Waals surface area contributed by atoms with Crippen LogP contribution in [0.1, 0.15) is 21.5 Å². The van der Waals surface area contributed by atoms with Gasteiger partial charge >= 0.3 is 5.97 Å². The van der Waals surface area contributed by atoms with Crippen molar-refractivity contribution in [3.8, 4) is 0 Å². The van der Waals surface area contributed by atoms with E-state index in [0.717, 1.165) is 22.0 Å². The number of benzene rings is 1. The molecule has 0 saturated heterocycles. The lowest BCUT2D eigenvalue weighted by atomic mass is 10.1. The smallest absolute Gasteiger partial charge is 0.335 e. The number of carbonyl (C=O) groups is 1. The molecule has 0 saturated carbocycles. The molecule has 0 aliphatic rings. The lowest BCUT2D eigenvalue weighted by Gasteiger charge is -2.03. The highest BCUT2D eigenvalue weighted by molar-refractivity contribution is 5.96. The van der Waals surface area contributed by atoms with Gasteiger partial charge in [-0.25, -0.2) is 4.79 Å². The SMILES string of the molecule is Cc1cn(C)c2c(C)cc(C(=O)O)cc12. The molecule has 78 valence electrons. The van der Waals surface area contributed by atoms with Crippen LogP contribution in [0.15, 0.2) is 18.3 Å². The van der Waals surface area contributed by atoms with Gasteiger partial charge in [0.2, 0.25) is 0 Å². The van der Waals surface area contributed by atoms with E-state index in [1.165, 1.54) is 0 Å². The maximum Gasteiger partial charge on any atom is 0.335 e. The number of aryl methyl sites for hydroxylation is 3. The first kappa shape index (κ1) is 9.77. The van der Waals surface area contributed by atoms with Crippen molar-refractivity contribution in [1.82, 2.24) is 4.57 Å². The molecular weight excluding hydrogens is 190 g/mol. The Morgan fingerprint density at radius 1 is 1.27 bits per heavy atom. The van der Waals surface area contributed by atoms with E-state index in [4.69, 9.17) is 5.11 Å². The van der Waals surface area contributed by atoms with Crippen LogP contribution < -0.4 is 0 Å². The van der Waals surface area contributed by atoms with Gasteiger partial charge in [-0.1, -0.05) is 0 Å². The van der Waals surface area contributed by atoms with Gasteiger partial charge in [0.25, 0.3) is 0 Å². The molecule has 2 aromatic rings. The molecule has 1 heterocycles. The van der Waals surface area contributed by atoms with Crippen molar-refractivity contribution in [2.24, 2.45) is 7.05 Å². The number of nitrogens with zero attached hydrogens (tertiary/aromatic N) is 1. The van der Waals surface area contributed by atoms with E-state index in [0.29, 0.717) is 5.56 Å². The molecule has 1 aromatic carbocycles. The van der Waals surface area contributed by atoms with E-state index < -0.39 is 5.97 Å².